The predicted octanol–water partition coefficient (Wildman–Crippen LogP) is 3.04. The molecule has 6 nitrogen and oxygen atoms in total. The summed E-state index contributed by atoms with van der Waals surface area (Å²) in [5.74, 6) is -2.75. The van der Waals surface area contributed by atoms with Crippen LogP contribution in [0.3, 0.4) is 0 Å². The Morgan fingerprint density at radius 2 is 2.17 bits per heavy atom. The fourth-order valence-corrected chi connectivity index (χ4v) is 2.26. The van der Waals surface area contributed by atoms with E-state index in [9.17, 15) is 14.0 Å². The van der Waals surface area contributed by atoms with E-state index in [-0.39, 0.29) is 23.7 Å². The van der Waals surface area contributed by atoms with Gasteiger partial charge in [0.05, 0.1) is 11.5 Å². The summed E-state index contributed by atoms with van der Waals surface area (Å²) in [6, 6.07) is 4.38. The zero-order valence-corrected chi connectivity index (χ0v) is 14.0. The summed E-state index contributed by atoms with van der Waals surface area (Å²) in [5.41, 5.74) is 0.121. The second-order valence-corrected chi connectivity index (χ2v) is 6.00. The van der Waals surface area contributed by atoms with Gasteiger partial charge in [-0.05, 0) is 18.2 Å². The summed E-state index contributed by atoms with van der Waals surface area (Å²) in [7, 11) is 1.47. The molecule has 0 bridgehead atoms. The van der Waals surface area contributed by atoms with Gasteiger partial charge in [-0.25, -0.2) is 9.37 Å². The van der Waals surface area contributed by atoms with Crippen molar-refractivity contribution >= 4 is 27.8 Å². The standard InChI is InChI=1S/C15H14BrFN2O4/c1-8(15(21)22)6-19(2)14(20)12-7-23-13(18-12)10-4-3-9(16)5-11(10)17/h3-5,7-8H,6H2,1-2H3,(H,21,22). The molecule has 1 N–H and O–H groups in total. The minimum atomic E-state index is -0.998. The molecule has 2 aromatic rings. The SMILES string of the molecule is CC(CN(C)C(=O)c1coc(-c2ccc(Br)cc2F)n1)C(=O)O. The number of hydrogen-bond acceptors (Lipinski definition) is 4. The third-order valence-corrected chi connectivity index (χ3v) is 3.69. The number of oxazole rings is 1. The quantitative estimate of drug-likeness (QED) is 0.856. The van der Waals surface area contributed by atoms with Crippen LogP contribution >= 0.6 is 15.9 Å². The van der Waals surface area contributed by atoms with Gasteiger partial charge in [-0.1, -0.05) is 22.9 Å². The van der Waals surface area contributed by atoms with Gasteiger partial charge in [-0.2, -0.15) is 0 Å². The van der Waals surface area contributed by atoms with Gasteiger partial charge in [0, 0.05) is 18.1 Å². The summed E-state index contributed by atoms with van der Waals surface area (Å²) in [4.78, 5) is 28.2. The van der Waals surface area contributed by atoms with Crippen LogP contribution < -0.4 is 0 Å². The zero-order valence-electron chi connectivity index (χ0n) is 12.4. The molecule has 8 heteroatoms. The van der Waals surface area contributed by atoms with Crippen molar-refractivity contribution in [3.05, 3.63) is 40.4 Å². The Morgan fingerprint density at radius 1 is 1.48 bits per heavy atom. The first-order chi connectivity index (χ1) is 10.8. The molecule has 122 valence electrons. The van der Waals surface area contributed by atoms with E-state index in [1.165, 1.54) is 31.0 Å². The Bertz CT molecular complexity index is 747. The molecule has 0 spiro atoms. The third-order valence-electron chi connectivity index (χ3n) is 3.20. The highest BCUT2D eigenvalue weighted by Gasteiger charge is 2.22. The van der Waals surface area contributed by atoms with Crippen LogP contribution in [0, 0.1) is 11.7 Å². The number of halogens is 2. The van der Waals surface area contributed by atoms with E-state index in [0.29, 0.717) is 4.47 Å². The molecule has 23 heavy (non-hydrogen) atoms. The number of benzene rings is 1. The van der Waals surface area contributed by atoms with E-state index >= 15 is 0 Å². The molecular formula is C15H14BrFN2O4. The largest absolute Gasteiger partial charge is 0.481 e. The van der Waals surface area contributed by atoms with Crippen LogP contribution in [0.4, 0.5) is 4.39 Å². The van der Waals surface area contributed by atoms with Crippen molar-refractivity contribution in [2.45, 2.75) is 6.92 Å². The summed E-state index contributed by atoms with van der Waals surface area (Å²) in [6.45, 7) is 1.53. The Labute approximate surface area is 140 Å². The number of hydrogen-bond donors (Lipinski definition) is 1. The van der Waals surface area contributed by atoms with Gasteiger partial charge >= 0.3 is 5.97 Å². The molecule has 1 aromatic carbocycles. The summed E-state index contributed by atoms with van der Waals surface area (Å²) >= 11 is 3.15. The lowest BCUT2D eigenvalue weighted by molar-refractivity contribution is -0.141. The van der Waals surface area contributed by atoms with Crippen molar-refractivity contribution in [1.29, 1.82) is 0 Å². The maximum atomic E-state index is 13.9. The van der Waals surface area contributed by atoms with E-state index in [2.05, 4.69) is 20.9 Å². The maximum absolute atomic E-state index is 13.9. The van der Waals surface area contributed by atoms with Crippen molar-refractivity contribution in [2.24, 2.45) is 5.92 Å². The fraction of sp³-hybridized carbons (Fsp3) is 0.267. The highest BCUT2D eigenvalue weighted by molar-refractivity contribution is 9.10. The summed E-state index contributed by atoms with van der Waals surface area (Å²) < 4.78 is 19.6. The first-order valence-corrected chi connectivity index (χ1v) is 7.48. The number of nitrogens with zero attached hydrogens (tertiary/aromatic N) is 2. The molecule has 0 aliphatic rings. The maximum Gasteiger partial charge on any atom is 0.308 e. The average Bonchev–Trinajstić information content (AvgIpc) is 2.95. The van der Waals surface area contributed by atoms with Crippen molar-refractivity contribution in [1.82, 2.24) is 9.88 Å². The molecule has 1 aromatic heterocycles. The topological polar surface area (TPSA) is 83.6 Å². The van der Waals surface area contributed by atoms with E-state index in [1.54, 1.807) is 6.07 Å². The molecule has 2 rings (SSSR count). The summed E-state index contributed by atoms with van der Waals surface area (Å²) in [6.07, 6.45) is 1.13. The lowest BCUT2D eigenvalue weighted by atomic mass is 10.2. The van der Waals surface area contributed by atoms with Gasteiger partial charge in [-0.3, -0.25) is 9.59 Å². The molecule has 1 amide bonds. The number of amides is 1. The molecule has 0 saturated carbocycles. The van der Waals surface area contributed by atoms with Crippen LogP contribution in [-0.2, 0) is 4.79 Å². The van der Waals surface area contributed by atoms with Crippen molar-refractivity contribution in [2.75, 3.05) is 13.6 Å². The van der Waals surface area contributed by atoms with Gasteiger partial charge in [0.15, 0.2) is 5.69 Å². The van der Waals surface area contributed by atoms with E-state index in [4.69, 9.17) is 9.52 Å². The van der Waals surface area contributed by atoms with Crippen LogP contribution in [0.15, 0.2) is 33.4 Å². The Kier molecular flexibility index (Phi) is 5.15. The third kappa shape index (κ3) is 3.95. The number of carboxylic acids is 1. The number of aliphatic carboxylic acids is 1. The molecule has 1 atom stereocenters. The lowest BCUT2D eigenvalue weighted by Crippen LogP contribution is -2.33. The smallest absolute Gasteiger partial charge is 0.308 e. The van der Waals surface area contributed by atoms with Crippen molar-refractivity contribution in [3.63, 3.8) is 0 Å². The molecule has 1 unspecified atom stereocenters. The molecule has 0 aliphatic heterocycles. The first-order valence-electron chi connectivity index (χ1n) is 6.68. The highest BCUT2D eigenvalue weighted by atomic mass is 79.9. The number of aromatic nitrogens is 1. The molecule has 0 fully saturated rings. The molecular weight excluding hydrogens is 371 g/mol. The zero-order chi connectivity index (χ0) is 17.1. The number of carbonyl (C=O) groups is 2. The van der Waals surface area contributed by atoms with Crippen LogP contribution in [-0.4, -0.2) is 40.5 Å². The predicted molar refractivity (Wildman–Crippen MR) is 83.4 cm³/mol. The average molecular weight is 385 g/mol. The van der Waals surface area contributed by atoms with Gasteiger partial charge in [0.1, 0.15) is 12.1 Å². The van der Waals surface area contributed by atoms with Crippen molar-refractivity contribution in [3.8, 4) is 11.5 Å². The van der Waals surface area contributed by atoms with Crippen LogP contribution in [0.2, 0.25) is 0 Å². The van der Waals surface area contributed by atoms with Gasteiger partial charge in [0.25, 0.3) is 5.91 Å². The second-order valence-electron chi connectivity index (χ2n) is 5.09. The highest BCUT2D eigenvalue weighted by Crippen LogP contribution is 2.25. The molecule has 0 saturated heterocycles. The Morgan fingerprint density at radius 3 is 2.78 bits per heavy atom. The second kappa shape index (κ2) is 6.91. The molecule has 0 radical (unpaired) electrons. The number of carboxylic acid groups (broad SMARTS) is 1. The molecule has 1 heterocycles. The minimum Gasteiger partial charge on any atom is -0.481 e. The van der Waals surface area contributed by atoms with E-state index in [0.717, 1.165) is 6.26 Å². The van der Waals surface area contributed by atoms with Gasteiger partial charge in [0.2, 0.25) is 5.89 Å². The van der Waals surface area contributed by atoms with Gasteiger partial charge in [-0.15, -0.1) is 0 Å². The fourth-order valence-electron chi connectivity index (χ4n) is 1.93. The van der Waals surface area contributed by atoms with Crippen LogP contribution in [0.5, 0.6) is 0 Å². The number of rotatable bonds is 5. The first kappa shape index (κ1) is 17.1. The Hall–Kier alpha value is -2.22. The number of carbonyl (C=O) groups excluding carboxylic acids is 1. The summed E-state index contributed by atoms with van der Waals surface area (Å²) in [5, 5.41) is 8.87. The van der Waals surface area contributed by atoms with E-state index in [1.807, 2.05) is 0 Å². The van der Waals surface area contributed by atoms with Crippen LogP contribution in [0.25, 0.3) is 11.5 Å². The minimum absolute atomic E-state index is 0.0117. The Balaban J connectivity index is 2.18. The lowest BCUT2D eigenvalue weighted by Gasteiger charge is -2.17. The normalized spacial score (nSPS) is 12.0. The monoisotopic (exact) mass is 384 g/mol. The van der Waals surface area contributed by atoms with Gasteiger partial charge < -0.3 is 14.4 Å². The molecule has 0 aliphatic carbocycles. The van der Waals surface area contributed by atoms with E-state index < -0.39 is 23.6 Å². The van der Waals surface area contributed by atoms with Crippen LogP contribution in [0.1, 0.15) is 17.4 Å². The van der Waals surface area contributed by atoms with Crippen molar-refractivity contribution < 1.29 is 23.5 Å².